The molecule has 102 valence electrons. The van der Waals surface area contributed by atoms with Crippen molar-refractivity contribution < 1.29 is 13.2 Å². The van der Waals surface area contributed by atoms with Crippen molar-refractivity contribution in [1.82, 2.24) is 10.6 Å². The Labute approximate surface area is 106 Å². The fourth-order valence-electron chi connectivity index (χ4n) is 1.55. The lowest BCUT2D eigenvalue weighted by Crippen LogP contribution is -2.36. The van der Waals surface area contributed by atoms with Crippen LogP contribution >= 0.6 is 0 Å². The maximum Gasteiger partial charge on any atom is 0.194 e. The van der Waals surface area contributed by atoms with Crippen molar-refractivity contribution in [2.75, 3.05) is 13.1 Å². The summed E-state index contributed by atoms with van der Waals surface area (Å²) in [5.74, 6) is -3.68. The lowest BCUT2D eigenvalue weighted by atomic mass is 10.2. The fourth-order valence-corrected chi connectivity index (χ4v) is 1.55. The van der Waals surface area contributed by atoms with E-state index >= 15 is 0 Å². The summed E-state index contributed by atoms with van der Waals surface area (Å²) < 4.78 is 39.0. The lowest BCUT2D eigenvalue weighted by molar-refractivity contribution is 0.432. The molecule has 1 atom stereocenters. The minimum Gasteiger partial charge on any atom is -0.315 e. The Hall–Kier alpha value is -1.07. The monoisotopic (exact) mass is 260 g/mol. The van der Waals surface area contributed by atoms with E-state index in [-0.39, 0.29) is 18.2 Å². The van der Waals surface area contributed by atoms with Gasteiger partial charge >= 0.3 is 0 Å². The molecule has 18 heavy (non-hydrogen) atoms. The molecule has 0 amide bonds. The van der Waals surface area contributed by atoms with Crippen LogP contribution in [0.5, 0.6) is 0 Å². The van der Waals surface area contributed by atoms with Gasteiger partial charge in [-0.1, -0.05) is 13.0 Å². The van der Waals surface area contributed by atoms with E-state index in [1.54, 1.807) is 0 Å². The molecular formula is C13H19F3N2. The maximum atomic E-state index is 13.3. The van der Waals surface area contributed by atoms with Gasteiger partial charge in [0.2, 0.25) is 0 Å². The Morgan fingerprint density at radius 2 is 1.89 bits per heavy atom. The zero-order valence-corrected chi connectivity index (χ0v) is 10.7. The minimum atomic E-state index is -1.41. The molecule has 0 aliphatic rings. The van der Waals surface area contributed by atoms with Crippen LogP contribution in [0.25, 0.3) is 0 Å². The average Bonchev–Trinajstić information content (AvgIpc) is 2.35. The summed E-state index contributed by atoms with van der Waals surface area (Å²) in [6.07, 6.45) is 1.05. The quantitative estimate of drug-likeness (QED) is 0.581. The number of halogens is 3. The van der Waals surface area contributed by atoms with E-state index in [9.17, 15) is 13.2 Å². The molecule has 0 aliphatic carbocycles. The van der Waals surface area contributed by atoms with Crippen molar-refractivity contribution in [3.05, 3.63) is 35.1 Å². The summed E-state index contributed by atoms with van der Waals surface area (Å²) in [4.78, 5) is 0. The van der Waals surface area contributed by atoms with E-state index in [2.05, 4.69) is 17.6 Å². The summed E-state index contributed by atoms with van der Waals surface area (Å²) in [5, 5.41) is 6.27. The SMILES string of the molecule is CCCNCC(C)NCc1ccc(F)c(F)c1F. The van der Waals surface area contributed by atoms with Gasteiger partial charge in [0.25, 0.3) is 0 Å². The molecule has 5 heteroatoms. The van der Waals surface area contributed by atoms with Gasteiger partial charge in [-0.25, -0.2) is 13.2 Å². The highest BCUT2D eigenvalue weighted by molar-refractivity contribution is 5.20. The number of benzene rings is 1. The summed E-state index contributed by atoms with van der Waals surface area (Å²) in [5.41, 5.74) is 0.135. The third-order valence-corrected chi connectivity index (χ3v) is 2.63. The zero-order valence-electron chi connectivity index (χ0n) is 10.7. The Morgan fingerprint density at radius 3 is 2.56 bits per heavy atom. The standard InChI is InChI=1S/C13H19F3N2/c1-3-6-17-7-9(2)18-8-10-4-5-11(14)13(16)12(10)15/h4-5,9,17-18H,3,6-8H2,1-2H3. The molecular weight excluding hydrogens is 241 g/mol. The smallest absolute Gasteiger partial charge is 0.194 e. The van der Waals surface area contributed by atoms with Gasteiger partial charge in [-0.2, -0.15) is 0 Å². The van der Waals surface area contributed by atoms with Gasteiger partial charge in [-0.05, 0) is 26.0 Å². The van der Waals surface area contributed by atoms with E-state index in [4.69, 9.17) is 0 Å². The molecule has 0 fully saturated rings. The van der Waals surface area contributed by atoms with Crippen LogP contribution in [0, 0.1) is 17.5 Å². The van der Waals surface area contributed by atoms with E-state index in [1.165, 1.54) is 6.07 Å². The van der Waals surface area contributed by atoms with Crippen LogP contribution in [0.2, 0.25) is 0 Å². The largest absolute Gasteiger partial charge is 0.315 e. The number of hydrogen-bond donors (Lipinski definition) is 2. The number of hydrogen-bond acceptors (Lipinski definition) is 2. The van der Waals surface area contributed by atoms with Crippen molar-refractivity contribution >= 4 is 0 Å². The third kappa shape index (κ3) is 4.31. The molecule has 2 nitrogen and oxygen atoms in total. The Bertz CT molecular complexity index is 383. The minimum absolute atomic E-state index is 0.129. The fraction of sp³-hybridized carbons (Fsp3) is 0.538. The third-order valence-electron chi connectivity index (χ3n) is 2.63. The molecule has 0 radical (unpaired) electrons. The van der Waals surface area contributed by atoms with Crippen LogP contribution in [0.4, 0.5) is 13.2 Å². The van der Waals surface area contributed by atoms with Gasteiger partial charge in [0.05, 0.1) is 0 Å². The molecule has 0 saturated carbocycles. The van der Waals surface area contributed by atoms with Gasteiger partial charge in [0.15, 0.2) is 17.5 Å². The van der Waals surface area contributed by atoms with Crippen molar-refractivity contribution in [2.45, 2.75) is 32.9 Å². The van der Waals surface area contributed by atoms with Crippen molar-refractivity contribution in [3.8, 4) is 0 Å². The first kappa shape index (κ1) is 15.0. The van der Waals surface area contributed by atoms with Crippen molar-refractivity contribution in [1.29, 1.82) is 0 Å². The first-order valence-electron chi connectivity index (χ1n) is 6.12. The molecule has 1 aromatic rings. The predicted octanol–water partition coefficient (Wildman–Crippen LogP) is 2.58. The van der Waals surface area contributed by atoms with E-state index in [0.717, 1.165) is 25.6 Å². The Kier molecular flexibility index (Phi) is 6.15. The van der Waals surface area contributed by atoms with Crippen LogP contribution in [0.1, 0.15) is 25.8 Å². The molecule has 0 saturated heterocycles. The zero-order chi connectivity index (χ0) is 13.5. The van der Waals surface area contributed by atoms with E-state index < -0.39 is 17.5 Å². The molecule has 0 spiro atoms. The summed E-state index contributed by atoms with van der Waals surface area (Å²) in [6.45, 7) is 5.87. The van der Waals surface area contributed by atoms with E-state index in [0.29, 0.717) is 0 Å². The average molecular weight is 260 g/mol. The van der Waals surface area contributed by atoms with Gasteiger partial charge < -0.3 is 10.6 Å². The molecule has 1 rings (SSSR count). The number of nitrogens with one attached hydrogen (secondary N) is 2. The first-order chi connectivity index (χ1) is 8.56. The first-order valence-corrected chi connectivity index (χ1v) is 6.12. The molecule has 1 unspecified atom stereocenters. The number of rotatable bonds is 7. The molecule has 2 N–H and O–H groups in total. The highest BCUT2D eigenvalue weighted by Crippen LogP contribution is 2.14. The summed E-state index contributed by atoms with van der Waals surface area (Å²) in [6, 6.07) is 2.33. The highest BCUT2D eigenvalue weighted by atomic mass is 19.2. The molecule has 0 heterocycles. The van der Waals surface area contributed by atoms with Crippen LogP contribution < -0.4 is 10.6 Å². The molecule has 0 bridgehead atoms. The van der Waals surface area contributed by atoms with Crippen LogP contribution in [0.3, 0.4) is 0 Å². The second-order valence-corrected chi connectivity index (χ2v) is 4.32. The second kappa shape index (κ2) is 7.38. The summed E-state index contributed by atoms with van der Waals surface area (Å²) >= 11 is 0. The van der Waals surface area contributed by atoms with Gasteiger partial charge in [-0.15, -0.1) is 0 Å². The normalized spacial score (nSPS) is 12.7. The topological polar surface area (TPSA) is 24.1 Å². The highest BCUT2D eigenvalue weighted by Gasteiger charge is 2.13. The van der Waals surface area contributed by atoms with Gasteiger partial charge in [-0.3, -0.25) is 0 Å². The van der Waals surface area contributed by atoms with Crippen LogP contribution in [-0.2, 0) is 6.54 Å². The Balaban J connectivity index is 2.46. The van der Waals surface area contributed by atoms with Gasteiger partial charge in [0.1, 0.15) is 0 Å². The molecule has 0 aromatic heterocycles. The predicted molar refractivity (Wildman–Crippen MR) is 65.8 cm³/mol. The molecule has 1 aromatic carbocycles. The maximum absolute atomic E-state index is 13.3. The van der Waals surface area contributed by atoms with Gasteiger partial charge in [0, 0.05) is 24.7 Å². The van der Waals surface area contributed by atoms with Crippen LogP contribution in [0.15, 0.2) is 12.1 Å². The second-order valence-electron chi connectivity index (χ2n) is 4.32. The summed E-state index contributed by atoms with van der Waals surface area (Å²) in [7, 11) is 0. The lowest BCUT2D eigenvalue weighted by Gasteiger charge is -2.15. The molecule has 0 aliphatic heterocycles. The van der Waals surface area contributed by atoms with E-state index in [1.807, 2.05) is 6.92 Å². The van der Waals surface area contributed by atoms with Crippen LogP contribution in [-0.4, -0.2) is 19.1 Å². The van der Waals surface area contributed by atoms with Crippen molar-refractivity contribution in [2.24, 2.45) is 0 Å². The Morgan fingerprint density at radius 1 is 1.17 bits per heavy atom. The van der Waals surface area contributed by atoms with Crippen molar-refractivity contribution in [3.63, 3.8) is 0 Å².